The van der Waals surface area contributed by atoms with E-state index in [2.05, 4.69) is 17.1 Å². The van der Waals surface area contributed by atoms with Crippen LogP contribution in [0.2, 0.25) is 0 Å². The Morgan fingerprint density at radius 1 is 1.54 bits per heavy atom. The van der Waals surface area contributed by atoms with Crippen molar-refractivity contribution in [3.63, 3.8) is 0 Å². The third kappa shape index (κ3) is 4.07. The highest BCUT2D eigenvalue weighted by Gasteiger charge is 2.20. The number of likely N-dealkylation sites (tertiary alicyclic amines) is 1. The van der Waals surface area contributed by atoms with Gasteiger partial charge in [-0.3, -0.25) is 0 Å². The fourth-order valence-electron chi connectivity index (χ4n) is 1.92. The fourth-order valence-corrected chi connectivity index (χ4v) is 1.92. The highest BCUT2D eigenvalue weighted by atomic mass is 16.5. The van der Waals surface area contributed by atoms with E-state index in [1.807, 2.05) is 0 Å². The van der Waals surface area contributed by atoms with Crippen molar-refractivity contribution in [3.8, 4) is 0 Å². The predicted octanol–water partition coefficient (Wildman–Crippen LogP) is 0.707. The molecule has 3 nitrogen and oxygen atoms in total. The number of nitrogens with one attached hydrogen (secondary N) is 1. The van der Waals surface area contributed by atoms with Crippen LogP contribution < -0.4 is 5.32 Å². The summed E-state index contributed by atoms with van der Waals surface area (Å²) in [5.74, 6) is 0. The Hall–Kier alpha value is -0.120. The molecule has 0 spiro atoms. The zero-order valence-electron chi connectivity index (χ0n) is 8.88. The summed E-state index contributed by atoms with van der Waals surface area (Å²) in [7, 11) is 1.77. The van der Waals surface area contributed by atoms with Gasteiger partial charge in [0.2, 0.25) is 0 Å². The van der Waals surface area contributed by atoms with Gasteiger partial charge in [-0.15, -0.1) is 0 Å². The molecule has 1 rings (SSSR count). The first kappa shape index (κ1) is 11.0. The molecule has 1 heterocycles. The SMILES string of the molecule is CCNC1CCN(CCCOC)C1. The van der Waals surface area contributed by atoms with Crippen LogP contribution in [0.4, 0.5) is 0 Å². The normalized spacial score (nSPS) is 24.0. The summed E-state index contributed by atoms with van der Waals surface area (Å²) < 4.78 is 5.03. The monoisotopic (exact) mass is 186 g/mol. The van der Waals surface area contributed by atoms with E-state index in [-0.39, 0.29) is 0 Å². The maximum absolute atomic E-state index is 5.03. The molecular weight excluding hydrogens is 164 g/mol. The van der Waals surface area contributed by atoms with Gasteiger partial charge in [0.25, 0.3) is 0 Å². The summed E-state index contributed by atoms with van der Waals surface area (Å²) in [5, 5.41) is 3.49. The Morgan fingerprint density at radius 2 is 2.38 bits per heavy atom. The smallest absolute Gasteiger partial charge is 0.0474 e. The first-order valence-electron chi connectivity index (χ1n) is 5.31. The van der Waals surface area contributed by atoms with E-state index in [0.29, 0.717) is 0 Å². The lowest BCUT2D eigenvalue weighted by atomic mass is 10.3. The van der Waals surface area contributed by atoms with Crippen molar-refractivity contribution in [1.29, 1.82) is 0 Å². The van der Waals surface area contributed by atoms with Gasteiger partial charge in [-0.25, -0.2) is 0 Å². The second-order valence-electron chi connectivity index (χ2n) is 3.69. The average molecular weight is 186 g/mol. The van der Waals surface area contributed by atoms with Crippen LogP contribution in [0.5, 0.6) is 0 Å². The van der Waals surface area contributed by atoms with Gasteiger partial charge in [0.05, 0.1) is 0 Å². The van der Waals surface area contributed by atoms with Crippen LogP contribution in [0, 0.1) is 0 Å². The second-order valence-corrected chi connectivity index (χ2v) is 3.69. The Morgan fingerprint density at radius 3 is 3.08 bits per heavy atom. The molecule has 0 aromatic rings. The molecule has 0 bridgehead atoms. The minimum atomic E-state index is 0.729. The van der Waals surface area contributed by atoms with Crippen LogP contribution in [0.15, 0.2) is 0 Å². The van der Waals surface area contributed by atoms with E-state index in [1.165, 1.54) is 26.1 Å². The molecule has 3 heteroatoms. The van der Waals surface area contributed by atoms with E-state index >= 15 is 0 Å². The number of nitrogens with zero attached hydrogens (tertiary/aromatic N) is 1. The number of rotatable bonds is 6. The largest absolute Gasteiger partial charge is 0.385 e. The Kier molecular flexibility index (Phi) is 5.35. The van der Waals surface area contributed by atoms with Gasteiger partial charge in [-0.2, -0.15) is 0 Å². The number of ether oxygens (including phenoxy) is 1. The molecule has 1 unspecified atom stereocenters. The van der Waals surface area contributed by atoms with Crippen LogP contribution in [-0.4, -0.2) is 50.8 Å². The summed E-state index contributed by atoms with van der Waals surface area (Å²) in [6, 6.07) is 0.729. The van der Waals surface area contributed by atoms with E-state index in [9.17, 15) is 0 Å². The first-order chi connectivity index (χ1) is 6.36. The summed E-state index contributed by atoms with van der Waals surface area (Å²) in [6.07, 6.45) is 2.47. The van der Waals surface area contributed by atoms with E-state index < -0.39 is 0 Å². The minimum absolute atomic E-state index is 0.729. The molecule has 0 aromatic heterocycles. The topological polar surface area (TPSA) is 24.5 Å². The van der Waals surface area contributed by atoms with Crippen molar-refractivity contribution in [2.24, 2.45) is 0 Å². The van der Waals surface area contributed by atoms with Crippen LogP contribution in [0.3, 0.4) is 0 Å². The van der Waals surface area contributed by atoms with Crippen molar-refractivity contribution in [2.75, 3.05) is 39.9 Å². The maximum atomic E-state index is 5.03. The lowest BCUT2D eigenvalue weighted by Gasteiger charge is -2.15. The van der Waals surface area contributed by atoms with Crippen molar-refractivity contribution >= 4 is 0 Å². The predicted molar refractivity (Wildman–Crippen MR) is 55.0 cm³/mol. The van der Waals surface area contributed by atoms with Gasteiger partial charge < -0.3 is 15.0 Å². The van der Waals surface area contributed by atoms with Crippen LogP contribution in [0.25, 0.3) is 0 Å². The summed E-state index contributed by atoms with van der Waals surface area (Å²) in [4.78, 5) is 2.52. The van der Waals surface area contributed by atoms with E-state index in [0.717, 1.165) is 25.6 Å². The highest BCUT2D eigenvalue weighted by molar-refractivity contribution is 4.80. The molecular formula is C10H22N2O. The van der Waals surface area contributed by atoms with Crippen molar-refractivity contribution < 1.29 is 4.74 Å². The summed E-state index contributed by atoms with van der Waals surface area (Å²) in [5.41, 5.74) is 0. The third-order valence-electron chi connectivity index (χ3n) is 2.59. The highest BCUT2D eigenvalue weighted by Crippen LogP contribution is 2.08. The molecule has 0 amide bonds. The number of hydrogen-bond acceptors (Lipinski definition) is 3. The molecule has 0 saturated carbocycles. The van der Waals surface area contributed by atoms with Crippen LogP contribution >= 0.6 is 0 Å². The number of methoxy groups -OCH3 is 1. The molecule has 1 aliphatic heterocycles. The molecule has 1 saturated heterocycles. The second kappa shape index (κ2) is 6.35. The van der Waals surface area contributed by atoms with E-state index in [1.54, 1.807) is 7.11 Å². The quantitative estimate of drug-likeness (QED) is 0.618. The first-order valence-corrected chi connectivity index (χ1v) is 5.31. The van der Waals surface area contributed by atoms with Gasteiger partial charge in [0.1, 0.15) is 0 Å². The Labute approximate surface area is 81.4 Å². The zero-order chi connectivity index (χ0) is 9.52. The van der Waals surface area contributed by atoms with Gasteiger partial charge in [-0.05, 0) is 25.9 Å². The van der Waals surface area contributed by atoms with Crippen molar-refractivity contribution in [3.05, 3.63) is 0 Å². The molecule has 1 atom stereocenters. The fraction of sp³-hybridized carbons (Fsp3) is 1.00. The van der Waals surface area contributed by atoms with Gasteiger partial charge in [0.15, 0.2) is 0 Å². The molecule has 0 aliphatic carbocycles. The van der Waals surface area contributed by atoms with Gasteiger partial charge >= 0.3 is 0 Å². The standard InChI is InChI=1S/C10H22N2O/c1-3-11-10-5-7-12(9-10)6-4-8-13-2/h10-11H,3-9H2,1-2H3. The van der Waals surface area contributed by atoms with Gasteiger partial charge in [-0.1, -0.05) is 6.92 Å². The molecule has 1 N–H and O–H groups in total. The molecule has 0 radical (unpaired) electrons. The van der Waals surface area contributed by atoms with Crippen LogP contribution in [0.1, 0.15) is 19.8 Å². The Bertz CT molecular complexity index is 130. The molecule has 1 aliphatic rings. The number of hydrogen-bond donors (Lipinski definition) is 1. The van der Waals surface area contributed by atoms with E-state index in [4.69, 9.17) is 4.74 Å². The maximum Gasteiger partial charge on any atom is 0.0474 e. The number of likely N-dealkylation sites (N-methyl/N-ethyl adjacent to an activating group) is 1. The average Bonchev–Trinajstić information content (AvgIpc) is 2.54. The molecule has 0 aromatic carbocycles. The van der Waals surface area contributed by atoms with Crippen molar-refractivity contribution in [2.45, 2.75) is 25.8 Å². The Balaban J connectivity index is 2.03. The van der Waals surface area contributed by atoms with Crippen LogP contribution in [-0.2, 0) is 4.74 Å². The summed E-state index contributed by atoms with van der Waals surface area (Å²) in [6.45, 7) is 7.82. The summed E-state index contributed by atoms with van der Waals surface area (Å²) >= 11 is 0. The minimum Gasteiger partial charge on any atom is -0.385 e. The van der Waals surface area contributed by atoms with Gasteiger partial charge in [0, 0.05) is 32.8 Å². The molecule has 1 fully saturated rings. The molecule has 13 heavy (non-hydrogen) atoms. The lowest BCUT2D eigenvalue weighted by Crippen LogP contribution is -2.32. The lowest BCUT2D eigenvalue weighted by molar-refractivity contribution is 0.178. The van der Waals surface area contributed by atoms with Crippen molar-refractivity contribution in [1.82, 2.24) is 10.2 Å². The zero-order valence-corrected chi connectivity index (χ0v) is 8.88. The third-order valence-corrected chi connectivity index (χ3v) is 2.59. The molecule has 78 valence electrons.